The molecular formula is C16H24N2O5S. The number of hydrogen-bond donors (Lipinski definition) is 0. The second-order valence-electron chi connectivity index (χ2n) is 6.45. The highest BCUT2D eigenvalue weighted by atomic mass is 32.2. The minimum Gasteiger partial charge on any atom is -0.368 e. The van der Waals surface area contributed by atoms with Crippen LogP contribution in [0.15, 0.2) is 24.3 Å². The van der Waals surface area contributed by atoms with Gasteiger partial charge in [-0.15, -0.1) is 0 Å². The Balaban J connectivity index is 1.47. The van der Waals surface area contributed by atoms with Gasteiger partial charge in [-0.25, -0.2) is 8.42 Å². The van der Waals surface area contributed by atoms with Crippen LogP contribution in [0, 0.1) is 0 Å². The van der Waals surface area contributed by atoms with E-state index in [-0.39, 0.29) is 30.5 Å². The number of carbonyl (C=O) groups is 1. The fraction of sp³-hybridized carbons (Fsp3) is 0.688. The SMILES string of the molecule is CS(=O)(=O)CCN1CCN(C(=O)C2COC3C=CC=CC3O2)CC1. The molecule has 0 spiro atoms. The van der Waals surface area contributed by atoms with E-state index in [1.54, 1.807) is 4.90 Å². The molecule has 2 fully saturated rings. The first-order valence-electron chi connectivity index (χ1n) is 8.23. The van der Waals surface area contributed by atoms with E-state index in [0.717, 1.165) is 0 Å². The van der Waals surface area contributed by atoms with Gasteiger partial charge in [0.1, 0.15) is 22.0 Å². The summed E-state index contributed by atoms with van der Waals surface area (Å²) in [4.78, 5) is 16.5. The van der Waals surface area contributed by atoms with E-state index in [0.29, 0.717) is 32.7 Å². The van der Waals surface area contributed by atoms with Crippen LogP contribution in [0.1, 0.15) is 0 Å². The van der Waals surface area contributed by atoms with E-state index in [9.17, 15) is 13.2 Å². The Hall–Kier alpha value is -1.22. The largest absolute Gasteiger partial charge is 0.368 e. The van der Waals surface area contributed by atoms with Gasteiger partial charge in [-0.1, -0.05) is 24.3 Å². The predicted molar refractivity (Wildman–Crippen MR) is 89.4 cm³/mol. The van der Waals surface area contributed by atoms with Crippen molar-refractivity contribution in [2.45, 2.75) is 18.3 Å². The maximum atomic E-state index is 12.6. The third kappa shape index (κ3) is 4.44. The van der Waals surface area contributed by atoms with Crippen LogP contribution < -0.4 is 0 Å². The summed E-state index contributed by atoms with van der Waals surface area (Å²) in [6.45, 7) is 3.34. The lowest BCUT2D eigenvalue weighted by molar-refractivity contribution is -0.177. The molecule has 0 saturated carbocycles. The molecule has 24 heavy (non-hydrogen) atoms. The van der Waals surface area contributed by atoms with Gasteiger partial charge in [0.2, 0.25) is 0 Å². The molecule has 3 atom stereocenters. The normalized spacial score (nSPS) is 31.0. The van der Waals surface area contributed by atoms with Crippen LogP contribution in [0.4, 0.5) is 0 Å². The molecule has 8 heteroatoms. The van der Waals surface area contributed by atoms with Crippen molar-refractivity contribution in [2.75, 3.05) is 51.3 Å². The van der Waals surface area contributed by atoms with Gasteiger partial charge < -0.3 is 14.4 Å². The van der Waals surface area contributed by atoms with Gasteiger partial charge in [0.15, 0.2) is 6.10 Å². The summed E-state index contributed by atoms with van der Waals surface area (Å²) in [6, 6.07) is 0. The Morgan fingerprint density at radius 2 is 1.79 bits per heavy atom. The first-order chi connectivity index (χ1) is 11.4. The highest BCUT2D eigenvalue weighted by Crippen LogP contribution is 2.21. The molecule has 0 N–H and O–H groups in total. The quantitative estimate of drug-likeness (QED) is 0.673. The monoisotopic (exact) mass is 356 g/mol. The lowest BCUT2D eigenvalue weighted by Crippen LogP contribution is -2.55. The standard InChI is InChI=1S/C16H24N2O5S/c1-24(20,21)11-10-17-6-8-18(9-7-17)16(19)15-12-22-13-4-2-3-5-14(13)23-15/h2-5,13-15H,6-12H2,1H3. The minimum absolute atomic E-state index is 0.0424. The second-order valence-corrected chi connectivity index (χ2v) is 8.71. The number of ether oxygens (including phenoxy) is 2. The van der Waals surface area contributed by atoms with Gasteiger partial charge in [-0.2, -0.15) is 0 Å². The number of nitrogens with zero attached hydrogens (tertiary/aromatic N) is 2. The van der Waals surface area contributed by atoms with E-state index in [2.05, 4.69) is 4.90 Å². The number of allylic oxidation sites excluding steroid dienone is 2. The number of amides is 1. The lowest BCUT2D eigenvalue weighted by Gasteiger charge is -2.39. The molecule has 0 aromatic carbocycles. The number of piperazine rings is 1. The number of rotatable bonds is 4. The molecule has 0 aromatic rings. The average molecular weight is 356 g/mol. The van der Waals surface area contributed by atoms with Crippen LogP contribution >= 0.6 is 0 Å². The molecular weight excluding hydrogens is 332 g/mol. The minimum atomic E-state index is -2.95. The van der Waals surface area contributed by atoms with E-state index < -0.39 is 15.9 Å². The smallest absolute Gasteiger partial charge is 0.254 e. The summed E-state index contributed by atoms with van der Waals surface area (Å²) >= 11 is 0. The van der Waals surface area contributed by atoms with Crippen LogP contribution in [0.5, 0.6) is 0 Å². The molecule has 3 unspecified atom stereocenters. The van der Waals surface area contributed by atoms with Crippen molar-refractivity contribution in [3.63, 3.8) is 0 Å². The fourth-order valence-corrected chi connectivity index (χ4v) is 3.68. The topological polar surface area (TPSA) is 76.2 Å². The van der Waals surface area contributed by atoms with Crippen LogP contribution in [-0.4, -0.2) is 93.8 Å². The number of carbonyl (C=O) groups excluding carboxylic acids is 1. The van der Waals surface area contributed by atoms with Gasteiger partial charge >= 0.3 is 0 Å². The van der Waals surface area contributed by atoms with Crippen molar-refractivity contribution in [1.82, 2.24) is 9.80 Å². The van der Waals surface area contributed by atoms with Crippen molar-refractivity contribution in [3.8, 4) is 0 Å². The summed E-state index contributed by atoms with van der Waals surface area (Å²) < 4.78 is 34.1. The number of hydrogen-bond acceptors (Lipinski definition) is 6. The molecule has 2 aliphatic heterocycles. The van der Waals surface area contributed by atoms with Crippen molar-refractivity contribution in [2.24, 2.45) is 0 Å². The Kier molecular flexibility index (Phi) is 5.39. The van der Waals surface area contributed by atoms with Crippen LogP contribution in [0.25, 0.3) is 0 Å². The van der Waals surface area contributed by atoms with Gasteiger partial charge in [0.25, 0.3) is 5.91 Å². The zero-order chi connectivity index (χ0) is 17.2. The van der Waals surface area contributed by atoms with E-state index >= 15 is 0 Å². The molecule has 1 amide bonds. The van der Waals surface area contributed by atoms with Crippen LogP contribution in [-0.2, 0) is 24.1 Å². The molecule has 3 rings (SSSR count). The molecule has 0 bridgehead atoms. The summed E-state index contributed by atoms with van der Waals surface area (Å²) in [5.41, 5.74) is 0. The Morgan fingerprint density at radius 1 is 1.12 bits per heavy atom. The maximum Gasteiger partial charge on any atom is 0.254 e. The first kappa shape index (κ1) is 17.6. The highest BCUT2D eigenvalue weighted by Gasteiger charge is 2.36. The number of fused-ring (bicyclic) bond motifs is 1. The lowest BCUT2D eigenvalue weighted by atomic mass is 10.1. The first-order valence-corrected chi connectivity index (χ1v) is 10.3. The highest BCUT2D eigenvalue weighted by molar-refractivity contribution is 7.90. The summed E-state index contributed by atoms with van der Waals surface area (Å²) in [5.74, 6) is 0.114. The van der Waals surface area contributed by atoms with Crippen LogP contribution in [0.2, 0.25) is 0 Å². The van der Waals surface area contributed by atoms with Crippen molar-refractivity contribution >= 4 is 15.7 Å². The summed E-state index contributed by atoms with van der Waals surface area (Å²) in [5, 5.41) is 0. The maximum absolute atomic E-state index is 12.6. The van der Waals surface area contributed by atoms with Crippen molar-refractivity contribution in [1.29, 1.82) is 0 Å². The average Bonchev–Trinajstić information content (AvgIpc) is 2.59. The third-order valence-electron chi connectivity index (χ3n) is 4.54. The molecule has 134 valence electrons. The Labute approximate surface area is 142 Å². The van der Waals surface area contributed by atoms with Crippen LogP contribution in [0.3, 0.4) is 0 Å². The van der Waals surface area contributed by atoms with E-state index in [4.69, 9.17) is 9.47 Å². The second kappa shape index (κ2) is 7.35. The van der Waals surface area contributed by atoms with Gasteiger partial charge in [0.05, 0.1) is 12.4 Å². The molecule has 7 nitrogen and oxygen atoms in total. The fourth-order valence-electron chi connectivity index (χ4n) is 3.09. The third-order valence-corrected chi connectivity index (χ3v) is 5.46. The molecule has 0 radical (unpaired) electrons. The summed E-state index contributed by atoms with van der Waals surface area (Å²) in [6.07, 6.45) is 8.04. The molecule has 3 aliphatic rings. The van der Waals surface area contributed by atoms with E-state index in [1.807, 2.05) is 24.3 Å². The Morgan fingerprint density at radius 3 is 2.46 bits per heavy atom. The predicted octanol–water partition coefficient (Wildman–Crippen LogP) is -0.546. The molecule has 2 saturated heterocycles. The van der Waals surface area contributed by atoms with Gasteiger partial charge in [0, 0.05) is 39.0 Å². The zero-order valence-corrected chi connectivity index (χ0v) is 14.7. The Bertz CT molecular complexity index is 622. The molecule has 1 aliphatic carbocycles. The van der Waals surface area contributed by atoms with Gasteiger partial charge in [-0.05, 0) is 0 Å². The molecule has 2 heterocycles. The number of sulfone groups is 1. The van der Waals surface area contributed by atoms with Gasteiger partial charge in [-0.3, -0.25) is 9.69 Å². The van der Waals surface area contributed by atoms with E-state index in [1.165, 1.54) is 6.26 Å². The summed E-state index contributed by atoms with van der Waals surface area (Å²) in [7, 11) is -2.95. The zero-order valence-electron chi connectivity index (χ0n) is 13.8. The van der Waals surface area contributed by atoms with Crippen molar-refractivity contribution in [3.05, 3.63) is 24.3 Å². The van der Waals surface area contributed by atoms with Crippen molar-refractivity contribution < 1.29 is 22.7 Å². The molecule has 0 aromatic heterocycles.